The van der Waals surface area contributed by atoms with Gasteiger partial charge in [-0.05, 0) is 33.6 Å². The monoisotopic (exact) mass is 240 g/mol. The lowest BCUT2D eigenvalue weighted by Gasteiger charge is -2.18. The van der Waals surface area contributed by atoms with Gasteiger partial charge in [-0.25, -0.2) is 9.78 Å². The van der Waals surface area contributed by atoms with Gasteiger partial charge in [-0.15, -0.1) is 11.3 Å². The molecule has 1 aliphatic carbocycles. The van der Waals surface area contributed by atoms with Crippen LogP contribution in [0.1, 0.15) is 44.1 Å². The Bertz CT molecular complexity index is 391. The number of thiazole rings is 1. The molecule has 88 valence electrons. The van der Waals surface area contributed by atoms with Gasteiger partial charge in [-0.1, -0.05) is 0 Å². The average molecular weight is 240 g/mol. The first kappa shape index (κ1) is 11.4. The Hall–Kier alpha value is -1.10. The van der Waals surface area contributed by atoms with Crippen LogP contribution in [0.4, 0.5) is 5.13 Å². The Morgan fingerprint density at radius 2 is 2.25 bits per heavy atom. The number of hydrogen-bond donors (Lipinski definition) is 1. The molecular formula is C11H16N2O2S. The first-order valence-electron chi connectivity index (χ1n) is 5.39. The quantitative estimate of drug-likeness (QED) is 0.825. The van der Waals surface area contributed by atoms with Gasteiger partial charge in [0.15, 0.2) is 10.8 Å². The molecule has 4 nitrogen and oxygen atoms in total. The van der Waals surface area contributed by atoms with Crippen molar-refractivity contribution in [2.24, 2.45) is 0 Å². The van der Waals surface area contributed by atoms with Crippen LogP contribution in [0, 0.1) is 0 Å². The number of carbonyl (C=O) groups excluding carboxylic acids is 1. The third-order valence-electron chi connectivity index (χ3n) is 2.02. The van der Waals surface area contributed by atoms with E-state index < -0.39 is 5.60 Å². The fraction of sp³-hybridized carbons (Fsp3) is 0.636. The van der Waals surface area contributed by atoms with Crippen LogP contribution >= 0.6 is 11.3 Å². The second-order valence-electron chi connectivity index (χ2n) is 4.96. The fourth-order valence-electron chi connectivity index (χ4n) is 1.17. The topological polar surface area (TPSA) is 51.2 Å². The van der Waals surface area contributed by atoms with Crippen molar-refractivity contribution in [3.05, 3.63) is 11.1 Å². The van der Waals surface area contributed by atoms with E-state index in [-0.39, 0.29) is 5.97 Å². The molecule has 1 aromatic heterocycles. The molecule has 0 saturated heterocycles. The smallest absolute Gasteiger partial charge is 0.358 e. The second-order valence-corrected chi connectivity index (χ2v) is 5.82. The molecule has 0 bridgehead atoms. The van der Waals surface area contributed by atoms with Crippen molar-refractivity contribution in [1.29, 1.82) is 0 Å². The maximum Gasteiger partial charge on any atom is 0.358 e. The summed E-state index contributed by atoms with van der Waals surface area (Å²) in [6, 6.07) is 0.553. The Morgan fingerprint density at radius 1 is 1.56 bits per heavy atom. The van der Waals surface area contributed by atoms with Crippen molar-refractivity contribution in [3.63, 3.8) is 0 Å². The lowest BCUT2D eigenvalue weighted by molar-refractivity contribution is 0.00638. The van der Waals surface area contributed by atoms with Gasteiger partial charge in [0.05, 0.1) is 0 Å². The van der Waals surface area contributed by atoms with Crippen molar-refractivity contribution in [1.82, 2.24) is 4.98 Å². The summed E-state index contributed by atoms with van der Waals surface area (Å²) in [5.74, 6) is -0.354. The van der Waals surface area contributed by atoms with E-state index in [0.717, 1.165) is 5.13 Å². The summed E-state index contributed by atoms with van der Waals surface area (Å²) in [7, 11) is 0. The highest BCUT2D eigenvalue weighted by Crippen LogP contribution is 2.27. The zero-order chi connectivity index (χ0) is 11.8. The van der Waals surface area contributed by atoms with Crippen LogP contribution in [0.25, 0.3) is 0 Å². The number of ether oxygens (including phenoxy) is 1. The summed E-state index contributed by atoms with van der Waals surface area (Å²) in [6.07, 6.45) is 2.39. The molecule has 1 aromatic rings. The minimum atomic E-state index is -0.467. The molecule has 2 rings (SSSR count). The Labute approximate surface area is 99.0 Å². The van der Waals surface area contributed by atoms with Crippen molar-refractivity contribution in [2.45, 2.75) is 45.3 Å². The number of esters is 1. The maximum absolute atomic E-state index is 11.7. The summed E-state index contributed by atoms with van der Waals surface area (Å²) >= 11 is 1.45. The zero-order valence-electron chi connectivity index (χ0n) is 9.74. The maximum atomic E-state index is 11.7. The van der Waals surface area contributed by atoms with E-state index in [1.54, 1.807) is 5.38 Å². The molecule has 0 amide bonds. The third kappa shape index (κ3) is 3.20. The van der Waals surface area contributed by atoms with Crippen molar-refractivity contribution in [3.8, 4) is 0 Å². The van der Waals surface area contributed by atoms with E-state index in [1.165, 1.54) is 24.2 Å². The molecule has 0 aromatic carbocycles. The third-order valence-corrected chi connectivity index (χ3v) is 2.79. The summed E-state index contributed by atoms with van der Waals surface area (Å²) in [5, 5.41) is 5.80. The summed E-state index contributed by atoms with van der Waals surface area (Å²) in [6.45, 7) is 5.54. The standard InChI is InChI=1S/C11H16N2O2S/c1-11(2,3)15-9(14)8-6-16-10(13-8)12-7-4-5-7/h6-7H,4-5H2,1-3H3,(H,12,13). The number of hydrogen-bond acceptors (Lipinski definition) is 5. The number of aromatic nitrogens is 1. The van der Waals surface area contributed by atoms with Crippen molar-refractivity contribution >= 4 is 22.4 Å². The van der Waals surface area contributed by atoms with Gasteiger partial charge in [0.25, 0.3) is 0 Å². The van der Waals surface area contributed by atoms with Crippen LogP contribution in [0.3, 0.4) is 0 Å². The number of carbonyl (C=O) groups is 1. The Morgan fingerprint density at radius 3 is 2.81 bits per heavy atom. The molecule has 1 saturated carbocycles. The SMILES string of the molecule is CC(C)(C)OC(=O)c1csc(NC2CC2)n1. The minimum Gasteiger partial charge on any atom is -0.455 e. The largest absolute Gasteiger partial charge is 0.455 e. The molecule has 0 unspecified atom stereocenters. The van der Waals surface area contributed by atoms with Crippen molar-refractivity contribution in [2.75, 3.05) is 5.32 Å². The lowest BCUT2D eigenvalue weighted by atomic mass is 10.2. The van der Waals surface area contributed by atoms with E-state index >= 15 is 0 Å². The number of nitrogens with zero attached hydrogens (tertiary/aromatic N) is 1. The van der Waals surface area contributed by atoms with E-state index in [1.807, 2.05) is 20.8 Å². The van der Waals surface area contributed by atoms with Crippen LogP contribution in [0.15, 0.2) is 5.38 Å². The Balaban J connectivity index is 1.97. The van der Waals surface area contributed by atoms with E-state index in [9.17, 15) is 4.79 Å². The van der Waals surface area contributed by atoms with Crippen LogP contribution in [0.5, 0.6) is 0 Å². The van der Waals surface area contributed by atoms with Gasteiger partial charge < -0.3 is 10.1 Å². The predicted molar refractivity (Wildman–Crippen MR) is 63.9 cm³/mol. The van der Waals surface area contributed by atoms with Crippen LogP contribution in [0.2, 0.25) is 0 Å². The van der Waals surface area contributed by atoms with E-state index in [4.69, 9.17) is 4.74 Å². The zero-order valence-corrected chi connectivity index (χ0v) is 10.6. The molecule has 1 N–H and O–H groups in total. The minimum absolute atomic E-state index is 0.354. The lowest BCUT2D eigenvalue weighted by Crippen LogP contribution is -2.24. The highest BCUT2D eigenvalue weighted by molar-refractivity contribution is 7.13. The number of anilines is 1. The van der Waals surface area contributed by atoms with Crippen LogP contribution in [-0.4, -0.2) is 22.6 Å². The van der Waals surface area contributed by atoms with E-state index in [2.05, 4.69) is 10.3 Å². The number of nitrogens with one attached hydrogen (secondary N) is 1. The van der Waals surface area contributed by atoms with Crippen LogP contribution in [-0.2, 0) is 4.74 Å². The molecule has 16 heavy (non-hydrogen) atoms. The molecule has 0 spiro atoms. The summed E-state index contributed by atoms with van der Waals surface area (Å²) in [4.78, 5) is 15.9. The normalized spacial score (nSPS) is 15.9. The van der Waals surface area contributed by atoms with Gasteiger partial charge in [0.1, 0.15) is 5.60 Å². The fourth-order valence-corrected chi connectivity index (χ4v) is 1.92. The van der Waals surface area contributed by atoms with Gasteiger partial charge in [-0.2, -0.15) is 0 Å². The molecule has 0 radical (unpaired) electrons. The van der Waals surface area contributed by atoms with E-state index in [0.29, 0.717) is 11.7 Å². The molecule has 0 aliphatic heterocycles. The van der Waals surface area contributed by atoms with Gasteiger partial charge in [-0.3, -0.25) is 0 Å². The molecule has 1 fully saturated rings. The predicted octanol–water partition coefficient (Wildman–Crippen LogP) is 2.67. The molecular weight excluding hydrogens is 224 g/mol. The van der Waals surface area contributed by atoms with Crippen molar-refractivity contribution < 1.29 is 9.53 Å². The molecule has 0 atom stereocenters. The second kappa shape index (κ2) is 4.05. The average Bonchev–Trinajstić information content (AvgIpc) is 2.78. The summed E-state index contributed by atoms with van der Waals surface area (Å²) in [5.41, 5.74) is -0.0757. The highest BCUT2D eigenvalue weighted by atomic mass is 32.1. The Kier molecular flexibility index (Phi) is 2.88. The molecule has 1 aliphatic rings. The van der Waals surface area contributed by atoms with Gasteiger partial charge in [0, 0.05) is 11.4 Å². The number of rotatable bonds is 3. The van der Waals surface area contributed by atoms with Gasteiger partial charge >= 0.3 is 5.97 Å². The first-order chi connectivity index (χ1) is 7.44. The summed E-state index contributed by atoms with van der Waals surface area (Å²) < 4.78 is 5.24. The van der Waals surface area contributed by atoms with Gasteiger partial charge in [0.2, 0.25) is 0 Å². The molecule has 1 heterocycles. The highest BCUT2D eigenvalue weighted by Gasteiger charge is 2.24. The molecule has 5 heteroatoms. The van der Waals surface area contributed by atoms with Crippen LogP contribution < -0.4 is 5.32 Å². The first-order valence-corrected chi connectivity index (χ1v) is 6.27.